The topological polar surface area (TPSA) is 26.3 Å². The van der Waals surface area contributed by atoms with Crippen LogP contribution in [0.4, 0.5) is 0 Å². The lowest BCUT2D eigenvalue weighted by atomic mass is 9.86. The molecule has 1 rings (SSSR count). The van der Waals surface area contributed by atoms with Crippen LogP contribution in [0.15, 0.2) is 0 Å². The van der Waals surface area contributed by atoms with Crippen LogP contribution in [-0.4, -0.2) is 12.1 Å². The Kier molecular flexibility index (Phi) is 4.62. The molecule has 0 aromatic rings. The molecule has 88 valence electrons. The molecule has 0 unspecified atom stereocenters. The summed E-state index contributed by atoms with van der Waals surface area (Å²) in [5, 5.41) is 0. The zero-order chi connectivity index (χ0) is 11.3. The smallest absolute Gasteiger partial charge is 0.306 e. The minimum atomic E-state index is -0.00579. The molecule has 2 heteroatoms. The Morgan fingerprint density at radius 2 is 1.87 bits per heavy atom. The van der Waals surface area contributed by atoms with Gasteiger partial charge in [-0.05, 0) is 31.1 Å². The lowest BCUT2D eigenvalue weighted by Gasteiger charge is -2.25. The molecule has 0 amide bonds. The summed E-state index contributed by atoms with van der Waals surface area (Å²) in [7, 11) is 0. The second-order valence-electron chi connectivity index (χ2n) is 5.44. The van der Waals surface area contributed by atoms with Crippen LogP contribution in [0, 0.1) is 5.41 Å². The molecular formula is C13H24O2. The second-order valence-corrected chi connectivity index (χ2v) is 5.44. The van der Waals surface area contributed by atoms with Gasteiger partial charge in [0, 0.05) is 0 Å². The third-order valence-corrected chi connectivity index (χ3v) is 3.43. The number of hydrogen-bond donors (Lipinski definition) is 0. The summed E-state index contributed by atoms with van der Waals surface area (Å²) in [6.07, 6.45) is 7.65. The molecule has 0 radical (unpaired) electrons. The standard InChI is InChI=1S/C13H24O2/c1-4-13(2,3)10-12(14)15-11-8-6-5-7-9-11/h11H,4-10H2,1-3H3. The number of rotatable bonds is 4. The van der Waals surface area contributed by atoms with Gasteiger partial charge in [0.1, 0.15) is 6.10 Å². The van der Waals surface area contributed by atoms with Crippen molar-refractivity contribution in [1.29, 1.82) is 0 Å². The summed E-state index contributed by atoms with van der Waals surface area (Å²) in [6, 6.07) is 0. The maximum absolute atomic E-state index is 11.7. The summed E-state index contributed by atoms with van der Waals surface area (Å²) in [5.41, 5.74) is 0.0890. The number of carbonyl (C=O) groups is 1. The quantitative estimate of drug-likeness (QED) is 0.664. The van der Waals surface area contributed by atoms with Gasteiger partial charge in [-0.1, -0.05) is 33.6 Å². The first-order valence-corrected chi connectivity index (χ1v) is 6.23. The SMILES string of the molecule is CCC(C)(C)CC(=O)OC1CCCCC1. The molecule has 0 bridgehead atoms. The highest BCUT2D eigenvalue weighted by molar-refractivity contribution is 5.70. The van der Waals surface area contributed by atoms with Crippen LogP contribution in [-0.2, 0) is 9.53 Å². The van der Waals surface area contributed by atoms with Crippen LogP contribution in [0.2, 0.25) is 0 Å². The molecule has 0 spiro atoms. The van der Waals surface area contributed by atoms with Gasteiger partial charge >= 0.3 is 5.97 Å². The number of esters is 1. The van der Waals surface area contributed by atoms with Crippen molar-refractivity contribution < 1.29 is 9.53 Å². The number of carbonyl (C=O) groups excluding carboxylic acids is 1. The largest absolute Gasteiger partial charge is 0.462 e. The molecule has 0 saturated heterocycles. The van der Waals surface area contributed by atoms with Crippen LogP contribution < -0.4 is 0 Å². The molecule has 1 saturated carbocycles. The van der Waals surface area contributed by atoms with E-state index in [1.165, 1.54) is 19.3 Å². The maximum Gasteiger partial charge on any atom is 0.306 e. The Morgan fingerprint density at radius 1 is 1.27 bits per heavy atom. The number of ether oxygens (including phenoxy) is 1. The van der Waals surface area contributed by atoms with Crippen molar-refractivity contribution in [3.05, 3.63) is 0 Å². The van der Waals surface area contributed by atoms with Crippen LogP contribution in [0.3, 0.4) is 0 Å². The van der Waals surface area contributed by atoms with Crippen molar-refractivity contribution in [2.75, 3.05) is 0 Å². The van der Waals surface area contributed by atoms with Gasteiger partial charge in [0.15, 0.2) is 0 Å². The predicted octanol–water partition coefficient (Wildman–Crippen LogP) is 3.69. The lowest BCUT2D eigenvalue weighted by Crippen LogP contribution is -2.24. The van der Waals surface area contributed by atoms with E-state index in [0.29, 0.717) is 6.42 Å². The molecule has 0 aromatic heterocycles. The van der Waals surface area contributed by atoms with Gasteiger partial charge in [-0.3, -0.25) is 4.79 Å². The zero-order valence-electron chi connectivity index (χ0n) is 10.3. The van der Waals surface area contributed by atoms with Gasteiger partial charge in [-0.25, -0.2) is 0 Å². The Labute approximate surface area is 93.4 Å². The van der Waals surface area contributed by atoms with Crippen LogP contribution in [0.1, 0.15) is 65.7 Å². The molecular weight excluding hydrogens is 188 g/mol. The first kappa shape index (κ1) is 12.5. The molecule has 0 aromatic carbocycles. The second kappa shape index (κ2) is 5.53. The van der Waals surface area contributed by atoms with Gasteiger partial charge < -0.3 is 4.74 Å². The Balaban J connectivity index is 2.28. The van der Waals surface area contributed by atoms with Crippen molar-refractivity contribution in [2.45, 2.75) is 71.8 Å². The van der Waals surface area contributed by atoms with Gasteiger partial charge in [0.05, 0.1) is 6.42 Å². The average molecular weight is 212 g/mol. The Bertz CT molecular complexity index is 203. The van der Waals surface area contributed by atoms with E-state index in [1.54, 1.807) is 0 Å². The predicted molar refractivity (Wildman–Crippen MR) is 61.7 cm³/mol. The van der Waals surface area contributed by atoms with E-state index in [4.69, 9.17) is 4.74 Å². The molecule has 2 nitrogen and oxygen atoms in total. The lowest BCUT2D eigenvalue weighted by molar-refractivity contribution is -0.152. The van der Waals surface area contributed by atoms with E-state index in [9.17, 15) is 4.79 Å². The molecule has 0 aliphatic heterocycles. The molecule has 1 aliphatic carbocycles. The highest BCUT2D eigenvalue weighted by Crippen LogP contribution is 2.27. The molecule has 1 aliphatic rings. The summed E-state index contributed by atoms with van der Waals surface area (Å²) in [4.78, 5) is 11.7. The fraction of sp³-hybridized carbons (Fsp3) is 0.923. The average Bonchev–Trinajstić information content (AvgIpc) is 2.18. The van der Waals surface area contributed by atoms with Crippen molar-refractivity contribution >= 4 is 5.97 Å². The van der Waals surface area contributed by atoms with Crippen LogP contribution >= 0.6 is 0 Å². The normalized spacial score (nSPS) is 18.9. The van der Waals surface area contributed by atoms with Gasteiger partial charge in [0.25, 0.3) is 0 Å². The summed E-state index contributed by atoms with van der Waals surface area (Å²) < 4.78 is 5.49. The first-order valence-electron chi connectivity index (χ1n) is 6.23. The highest BCUT2D eigenvalue weighted by Gasteiger charge is 2.23. The van der Waals surface area contributed by atoms with Gasteiger partial charge in [0.2, 0.25) is 0 Å². The van der Waals surface area contributed by atoms with E-state index in [-0.39, 0.29) is 17.5 Å². The van der Waals surface area contributed by atoms with E-state index < -0.39 is 0 Å². The molecule has 0 atom stereocenters. The minimum absolute atomic E-state index is 0.00579. The first-order chi connectivity index (χ1) is 7.03. The summed E-state index contributed by atoms with van der Waals surface area (Å²) >= 11 is 0. The molecule has 0 heterocycles. The van der Waals surface area contributed by atoms with Crippen LogP contribution in [0.25, 0.3) is 0 Å². The monoisotopic (exact) mass is 212 g/mol. The zero-order valence-corrected chi connectivity index (χ0v) is 10.3. The molecule has 15 heavy (non-hydrogen) atoms. The Hall–Kier alpha value is -0.530. The number of hydrogen-bond acceptors (Lipinski definition) is 2. The minimum Gasteiger partial charge on any atom is -0.462 e. The highest BCUT2D eigenvalue weighted by atomic mass is 16.5. The molecule has 0 N–H and O–H groups in total. The van der Waals surface area contributed by atoms with E-state index in [0.717, 1.165) is 19.3 Å². The Morgan fingerprint density at radius 3 is 2.40 bits per heavy atom. The third kappa shape index (κ3) is 4.67. The van der Waals surface area contributed by atoms with Gasteiger partial charge in [-0.2, -0.15) is 0 Å². The van der Waals surface area contributed by atoms with Crippen molar-refractivity contribution in [2.24, 2.45) is 5.41 Å². The van der Waals surface area contributed by atoms with Crippen molar-refractivity contribution in [1.82, 2.24) is 0 Å². The fourth-order valence-electron chi connectivity index (χ4n) is 1.93. The summed E-state index contributed by atoms with van der Waals surface area (Å²) in [6.45, 7) is 6.36. The molecule has 1 fully saturated rings. The maximum atomic E-state index is 11.7. The van der Waals surface area contributed by atoms with Crippen molar-refractivity contribution in [3.8, 4) is 0 Å². The van der Waals surface area contributed by atoms with Crippen LogP contribution in [0.5, 0.6) is 0 Å². The van der Waals surface area contributed by atoms with E-state index in [2.05, 4.69) is 20.8 Å². The summed E-state index contributed by atoms with van der Waals surface area (Å²) in [5.74, 6) is -0.00579. The third-order valence-electron chi connectivity index (χ3n) is 3.43. The van der Waals surface area contributed by atoms with E-state index in [1.807, 2.05) is 0 Å². The van der Waals surface area contributed by atoms with Gasteiger partial charge in [-0.15, -0.1) is 0 Å². The van der Waals surface area contributed by atoms with E-state index >= 15 is 0 Å². The van der Waals surface area contributed by atoms with Crippen molar-refractivity contribution in [3.63, 3.8) is 0 Å². The fourth-order valence-corrected chi connectivity index (χ4v) is 1.93.